The summed E-state index contributed by atoms with van der Waals surface area (Å²) in [5.74, 6) is 1.58. The van der Waals surface area contributed by atoms with Gasteiger partial charge in [-0.05, 0) is 91.0 Å². The van der Waals surface area contributed by atoms with Gasteiger partial charge in [-0.25, -0.2) is 4.39 Å². The van der Waals surface area contributed by atoms with E-state index in [-0.39, 0.29) is 5.82 Å². The van der Waals surface area contributed by atoms with Crippen molar-refractivity contribution in [2.45, 2.75) is 57.8 Å². The number of halogens is 1. The maximum Gasteiger partial charge on any atom is 0.134 e. The predicted molar refractivity (Wildman–Crippen MR) is 131 cm³/mol. The highest BCUT2D eigenvalue weighted by molar-refractivity contribution is 5.84. The Bertz CT molecular complexity index is 1100. The summed E-state index contributed by atoms with van der Waals surface area (Å²) < 4.78 is 15.1. The lowest BCUT2D eigenvalue weighted by molar-refractivity contribution is 0.265. The fourth-order valence-corrected chi connectivity index (χ4v) is 5.12. The van der Waals surface area contributed by atoms with Crippen LogP contribution in [-0.4, -0.2) is 0 Å². The van der Waals surface area contributed by atoms with E-state index in [4.69, 9.17) is 5.26 Å². The highest BCUT2D eigenvalue weighted by Crippen LogP contribution is 2.33. The molecule has 1 fully saturated rings. The average molecular weight is 426 g/mol. The fourth-order valence-electron chi connectivity index (χ4n) is 5.12. The summed E-state index contributed by atoms with van der Waals surface area (Å²) in [5.41, 5.74) is 3.85. The molecule has 0 atom stereocenters. The number of allylic oxidation sites excluding steroid dienone is 1. The lowest BCUT2D eigenvalue weighted by Gasteiger charge is -2.27. The molecular formula is C30H32FN. The summed E-state index contributed by atoms with van der Waals surface area (Å²) in [4.78, 5) is 0. The molecule has 0 spiro atoms. The normalized spacial score (nSPS) is 18.4. The number of fused-ring (bicyclic) bond motifs is 1. The first-order chi connectivity index (χ1) is 15.7. The van der Waals surface area contributed by atoms with Crippen molar-refractivity contribution in [2.24, 2.45) is 11.8 Å². The van der Waals surface area contributed by atoms with Gasteiger partial charge in [-0.3, -0.25) is 0 Å². The first-order valence-electron chi connectivity index (χ1n) is 12.0. The van der Waals surface area contributed by atoms with Crippen molar-refractivity contribution in [3.63, 3.8) is 0 Å². The van der Waals surface area contributed by atoms with E-state index in [0.717, 1.165) is 46.6 Å². The van der Waals surface area contributed by atoms with Crippen LogP contribution in [0.25, 0.3) is 10.8 Å². The van der Waals surface area contributed by atoms with Gasteiger partial charge in [-0.2, -0.15) is 5.26 Å². The zero-order chi connectivity index (χ0) is 22.3. The van der Waals surface area contributed by atoms with Gasteiger partial charge in [0.25, 0.3) is 0 Å². The molecule has 0 saturated heterocycles. The predicted octanol–water partition coefficient (Wildman–Crippen LogP) is 7.95. The lowest BCUT2D eigenvalue weighted by Crippen LogP contribution is -2.14. The van der Waals surface area contributed by atoms with Crippen molar-refractivity contribution >= 4 is 10.8 Å². The second-order valence-corrected chi connectivity index (χ2v) is 9.35. The molecule has 3 aromatic carbocycles. The van der Waals surface area contributed by atoms with Crippen LogP contribution < -0.4 is 0 Å². The Morgan fingerprint density at radius 3 is 2.31 bits per heavy atom. The Morgan fingerprint density at radius 1 is 0.875 bits per heavy atom. The van der Waals surface area contributed by atoms with Gasteiger partial charge >= 0.3 is 0 Å². The van der Waals surface area contributed by atoms with E-state index in [1.807, 2.05) is 36.4 Å². The number of rotatable bonds is 8. The van der Waals surface area contributed by atoms with Gasteiger partial charge in [0.05, 0.1) is 11.6 Å². The minimum absolute atomic E-state index is 0.0942. The van der Waals surface area contributed by atoms with Crippen molar-refractivity contribution in [3.8, 4) is 6.07 Å². The molecule has 4 rings (SSSR count). The number of benzene rings is 3. The molecule has 2 heteroatoms. The average Bonchev–Trinajstić information content (AvgIpc) is 2.84. The van der Waals surface area contributed by atoms with Crippen LogP contribution in [0.1, 0.15) is 60.8 Å². The van der Waals surface area contributed by atoms with Crippen LogP contribution in [0.4, 0.5) is 4.39 Å². The second-order valence-electron chi connectivity index (χ2n) is 9.35. The topological polar surface area (TPSA) is 23.8 Å². The van der Waals surface area contributed by atoms with Crippen LogP contribution in [-0.2, 0) is 19.3 Å². The molecule has 0 amide bonds. The monoisotopic (exact) mass is 425 g/mol. The van der Waals surface area contributed by atoms with Gasteiger partial charge in [0.2, 0.25) is 0 Å². The van der Waals surface area contributed by atoms with Crippen LogP contribution in [0.2, 0.25) is 0 Å². The molecule has 1 nitrogen and oxygen atoms in total. The summed E-state index contributed by atoms with van der Waals surface area (Å²) in [6, 6.07) is 19.9. The number of aryl methyl sites for hydroxylation is 3. The maximum absolute atomic E-state index is 15.1. The van der Waals surface area contributed by atoms with Gasteiger partial charge in [-0.1, -0.05) is 61.4 Å². The summed E-state index contributed by atoms with van der Waals surface area (Å²) >= 11 is 0. The van der Waals surface area contributed by atoms with E-state index >= 15 is 4.39 Å². The minimum Gasteiger partial charge on any atom is -0.206 e. The lowest BCUT2D eigenvalue weighted by atomic mass is 9.78. The van der Waals surface area contributed by atoms with E-state index in [2.05, 4.69) is 36.9 Å². The minimum atomic E-state index is -0.0942. The Balaban J connectivity index is 1.36. The quantitative estimate of drug-likeness (QED) is 0.336. The van der Waals surface area contributed by atoms with Crippen LogP contribution in [0.15, 0.2) is 67.3 Å². The van der Waals surface area contributed by atoms with Gasteiger partial charge in [-0.15, -0.1) is 6.58 Å². The maximum atomic E-state index is 15.1. The Labute approximate surface area is 191 Å². The third kappa shape index (κ3) is 5.46. The molecule has 1 aliphatic rings. The number of nitriles is 1. The third-order valence-corrected chi connectivity index (χ3v) is 7.17. The number of nitrogens with zero attached hydrogens (tertiary/aromatic N) is 1. The fraction of sp³-hybridized carbons (Fsp3) is 0.367. The van der Waals surface area contributed by atoms with Crippen molar-refractivity contribution in [1.29, 1.82) is 5.26 Å². The standard InChI is InChI=1S/C30H32FN/c1-2-3-22-4-6-23(7-5-22)8-11-25-15-19-29-28(20-25)18-17-27(30(29)31)16-14-24-9-12-26(21-32)13-10-24/h2,9-10,12-13,15,17-20,22-23H,1,3-8,11,14,16H2. The van der Waals surface area contributed by atoms with Gasteiger partial charge in [0.15, 0.2) is 0 Å². The molecule has 3 aromatic rings. The highest BCUT2D eigenvalue weighted by atomic mass is 19.1. The van der Waals surface area contributed by atoms with E-state index in [1.54, 1.807) is 0 Å². The molecule has 0 radical (unpaired) electrons. The molecule has 0 N–H and O–H groups in total. The van der Waals surface area contributed by atoms with E-state index in [1.165, 1.54) is 44.1 Å². The largest absolute Gasteiger partial charge is 0.206 e. The van der Waals surface area contributed by atoms with E-state index < -0.39 is 0 Å². The van der Waals surface area contributed by atoms with E-state index in [9.17, 15) is 0 Å². The summed E-state index contributed by atoms with van der Waals surface area (Å²) in [6.45, 7) is 3.88. The molecule has 0 unspecified atom stereocenters. The second kappa shape index (κ2) is 10.6. The summed E-state index contributed by atoms with van der Waals surface area (Å²) in [6.07, 6.45) is 12.3. The van der Waals surface area contributed by atoms with Crippen LogP contribution >= 0.6 is 0 Å². The molecule has 0 bridgehead atoms. The third-order valence-electron chi connectivity index (χ3n) is 7.17. The number of hydrogen-bond donors (Lipinski definition) is 0. The Hall–Kier alpha value is -2.92. The van der Waals surface area contributed by atoms with Crippen molar-refractivity contribution in [1.82, 2.24) is 0 Å². The van der Waals surface area contributed by atoms with Crippen LogP contribution in [0.5, 0.6) is 0 Å². The molecule has 1 aliphatic carbocycles. The van der Waals surface area contributed by atoms with Crippen molar-refractivity contribution in [2.75, 3.05) is 0 Å². The van der Waals surface area contributed by atoms with E-state index in [0.29, 0.717) is 12.0 Å². The van der Waals surface area contributed by atoms with Crippen molar-refractivity contribution in [3.05, 3.63) is 95.3 Å². The van der Waals surface area contributed by atoms with Crippen LogP contribution in [0.3, 0.4) is 0 Å². The van der Waals surface area contributed by atoms with Gasteiger partial charge < -0.3 is 0 Å². The Morgan fingerprint density at radius 2 is 1.59 bits per heavy atom. The zero-order valence-corrected chi connectivity index (χ0v) is 18.8. The van der Waals surface area contributed by atoms with Crippen molar-refractivity contribution < 1.29 is 4.39 Å². The molecule has 0 aromatic heterocycles. The number of hydrogen-bond acceptors (Lipinski definition) is 1. The Kier molecular flexibility index (Phi) is 7.38. The SMILES string of the molecule is C=CCC1CCC(CCc2ccc3c(F)c(CCc4ccc(C#N)cc4)ccc3c2)CC1. The first kappa shape index (κ1) is 22.3. The molecule has 164 valence electrons. The highest BCUT2D eigenvalue weighted by Gasteiger charge is 2.20. The molecule has 32 heavy (non-hydrogen) atoms. The zero-order valence-electron chi connectivity index (χ0n) is 18.8. The first-order valence-corrected chi connectivity index (χ1v) is 12.0. The molecule has 0 aliphatic heterocycles. The molecule has 0 heterocycles. The van der Waals surface area contributed by atoms with Gasteiger partial charge in [0, 0.05) is 5.39 Å². The molecular weight excluding hydrogens is 393 g/mol. The van der Waals surface area contributed by atoms with Gasteiger partial charge in [0.1, 0.15) is 5.82 Å². The summed E-state index contributed by atoms with van der Waals surface area (Å²) in [5, 5.41) is 10.6. The smallest absolute Gasteiger partial charge is 0.134 e. The summed E-state index contributed by atoms with van der Waals surface area (Å²) in [7, 11) is 0. The van der Waals surface area contributed by atoms with Crippen LogP contribution in [0, 0.1) is 29.0 Å². The molecule has 1 saturated carbocycles.